The highest BCUT2D eigenvalue weighted by atomic mass is 16.5. The summed E-state index contributed by atoms with van der Waals surface area (Å²) in [6.45, 7) is 6.80. The smallest absolute Gasteiger partial charge is 0.339 e. The molecule has 3 amide bonds. The second-order valence-corrected chi connectivity index (χ2v) is 6.60. The van der Waals surface area contributed by atoms with E-state index in [1.54, 1.807) is 13.8 Å². The third-order valence-corrected chi connectivity index (χ3v) is 4.22. The second kappa shape index (κ2) is 7.08. The van der Waals surface area contributed by atoms with Crippen molar-refractivity contribution in [3.63, 3.8) is 0 Å². The van der Waals surface area contributed by atoms with E-state index in [1.165, 1.54) is 7.11 Å². The van der Waals surface area contributed by atoms with Crippen LogP contribution < -0.4 is 5.32 Å². The third-order valence-electron chi connectivity index (χ3n) is 4.22. The number of nitrogens with zero attached hydrogens (tertiary/aromatic N) is 1. The molecule has 8 heteroatoms. The molecule has 0 aliphatic carbocycles. The van der Waals surface area contributed by atoms with Crippen molar-refractivity contribution in [3.05, 3.63) is 22.5 Å². The summed E-state index contributed by atoms with van der Waals surface area (Å²) in [7, 11) is 1.26. The molecular formula is C17H23N3O5. The van der Waals surface area contributed by atoms with Gasteiger partial charge in [0.2, 0.25) is 0 Å². The minimum absolute atomic E-state index is 0.200. The van der Waals surface area contributed by atoms with E-state index in [0.29, 0.717) is 23.2 Å². The second-order valence-electron chi connectivity index (χ2n) is 6.60. The molecule has 1 fully saturated rings. The van der Waals surface area contributed by atoms with Crippen LogP contribution in [0.2, 0.25) is 0 Å². The predicted octanol–water partition coefficient (Wildman–Crippen LogP) is 1.57. The van der Waals surface area contributed by atoms with Gasteiger partial charge < -0.3 is 15.0 Å². The normalized spacial score (nSPS) is 17.2. The molecule has 0 radical (unpaired) electrons. The largest absolute Gasteiger partial charge is 0.465 e. The van der Waals surface area contributed by atoms with Gasteiger partial charge >= 0.3 is 12.0 Å². The van der Waals surface area contributed by atoms with Gasteiger partial charge in [-0.3, -0.25) is 14.5 Å². The number of aromatic nitrogens is 1. The standard InChI is InChI=1S/C17H23N3O5/c1-8(2)6-11-15(22)20(17(24)19-11)7-12(21)14-9(3)13(10(4)18-14)16(23)25-5/h8,11,18H,6-7H2,1-5H3,(H,19,24). The molecule has 1 aliphatic rings. The number of ether oxygens (including phenoxy) is 1. The fourth-order valence-corrected chi connectivity index (χ4v) is 3.02. The van der Waals surface area contributed by atoms with Crippen LogP contribution in [0, 0.1) is 19.8 Å². The van der Waals surface area contributed by atoms with Crippen LogP contribution in [0.15, 0.2) is 0 Å². The number of imide groups is 1. The van der Waals surface area contributed by atoms with Gasteiger partial charge in [-0.05, 0) is 31.7 Å². The molecule has 0 bridgehead atoms. The summed E-state index contributed by atoms with van der Waals surface area (Å²) in [5.41, 5.74) is 1.44. The highest BCUT2D eigenvalue weighted by Crippen LogP contribution is 2.21. The first kappa shape index (κ1) is 18.7. The summed E-state index contributed by atoms with van der Waals surface area (Å²) in [5, 5.41) is 2.60. The van der Waals surface area contributed by atoms with Crippen molar-refractivity contribution in [2.24, 2.45) is 5.92 Å². The van der Waals surface area contributed by atoms with Gasteiger partial charge in [-0.25, -0.2) is 9.59 Å². The Labute approximate surface area is 145 Å². The molecule has 1 unspecified atom stereocenters. The van der Waals surface area contributed by atoms with Gasteiger partial charge in [-0.1, -0.05) is 13.8 Å². The number of amides is 3. The van der Waals surface area contributed by atoms with Crippen LogP contribution in [0.1, 0.15) is 52.4 Å². The number of esters is 1. The fraction of sp³-hybridized carbons (Fsp3) is 0.529. The van der Waals surface area contributed by atoms with Gasteiger partial charge in [-0.2, -0.15) is 0 Å². The number of carbonyl (C=O) groups is 4. The minimum Gasteiger partial charge on any atom is -0.465 e. The average Bonchev–Trinajstić information content (AvgIpc) is 2.97. The van der Waals surface area contributed by atoms with E-state index < -0.39 is 29.7 Å². The van der Waals surface area contributed by atoms with Crippen molar-refractivity contribution in [1.82, 2.24) is 15.2 Å². The average molecular weight is 349 g/mol. The fourth-order valence-electron chi connectivity index (χ4n) is 3.02. The SMILES string of the molecule is COC(=O)c1c(C)[nH]c(C(=O)CN2C(=O)NC(CC(C)C)C2=O)c1C. The van der Waals surface area contributed by atoms with Gasteiger partial charge in [0.25, 0.3) is 5.91 Å². The molecule has 1 atom stereocenters. The first-order valence-corrected chi connectivity index (χ1v) is 8.09. The van der Waals surface area contributed by atoms with Crippen LogP contribution in [-0.4, -0.2) is 53.3 Å². The highest BCUT2D eigenvalue weighted by Gasteiger charge is 2.39. The molecule has 0 saturated carbocycles. The van der Waals surface area contributed by atoms with Crippen LogP contribution >= 0.6 is 0 Å². The predicted molar refractivity (Wildman–Crippen MR) is 89.4 cm³/mol. The van der Waals surface area contributed by atoms with Crippen LogP contribution in [0.5, 0.6) is 0 Å². The molecule has 2 N–H and O–H groups in total. The molecule has 1 aliphatic heterocycles. The number of aryl methyl sites for hydroxylation is 1. The number of Topliss-reactive ketones (excluding diaryl/α,β-unsaturated/α-hetero) is 1. The van der Waals surface area contributed by atoms with Crippen molar-refractivity contribution in [1.29, 1.82) is 0 Å². The summed E-state index contributed by atoms with van der Waals surface area (Å²) >= 11 is 0. The lowest BCUT2D eigenvalue weighted by molar-refractivity contribution is -0.127. The van der Waals surface area contributed by atoms with Crippen LogP contribution in [-0.2, 0) is 9.53 Å². The molecule has 2 heterocycles. The summed E-state index contributed by atoms with van der Waals surface area (Å²) in [5.74, 6) is -1.15. The van der Waals surface area contributed by atoms with E-state index >= 15 is 0 Å². The van der Waals surface area contributed by atoms with Gasteiger partial charge in [0.15, 0.2) is 5.78 Å². The Morgan fingerprint density at radius 1 is 1.24 bits per heavy atom. The maximum Gasteiger partial charge on any atom is 0.339 e. The molecular weight excluding hydrogens is 326 g/mol. The Morgan fingerprint density at radius 3 is 2.44 bits per heavy atom. The Balaban J connectivity index is 2.19. The molecule has 0 aromatic carbocycles. The molecule has 1 saturated heterocycles. The topological polar surface area (TPSA) is 109 Å². The lowest BCUT2D eigenvalue weighted by atomic mass is 10.0. The number of carbonyl (C=O) groups excluding carboxylic acids is 4. The summed E-state index contributed by atoms with van der Waals surface area (Å²) in [6, 6.07) is -1.17. The zero-order valence-electron chi connectivity index (χ0n) is 15.1. The number of nitrogens with one attached hydrogen (secondary N) is 2. The first-order chi connectivity index (χ1) is 11.7. The zero-order chi connectivity index (χ0) is 18.9. The van der Waals surface area contributed by atoms with E-state index in [4.69, 9.17) is 4.74 Å². The highest BCUT2D eigenvalue weighted by molar-refractivity contribution is 6.10. The number of hydrogen-bond donors (Lipinski definition) is 2. The summed E-state index contributed by atoms with van der Waals surface area (Å²) < 4.78 is 4.71. The Bertz CT molecular complexity index is 735. The number of rotatable bonds is 6. The zero-order valence-corrected chi connectivity index (χ0v) is 15.1. The summed E-state index contributed by atoms with van der Waals surface area (Å²) in [6.07, 6.45) is 0.516. The molecule has 1 aromatic rings. The maximum atomic E-state index is 12.6. The van der Waals surface area contributed by atoms with Crippen LogP contribution in [0.3, 0.4) is 0 Å². The van der Waals surface area contributed by atoms with Gasteiger partial charge in [0, 0.05) is 5.69 Å². The lowest BCUT2D eigenvalue weighted by Crippen LogP contribution is -2.36. The van der Waals surface area contributed by atoms with Crippen molar-refractivity contribution in [3.8, 4) is 0 Å². The minimum atomic E-state index is -0.600. The number of aromatic amines is 1. The number of methoxy groups -OCH3 is 1. The van der Waals surface area contributed by atoms with Crippen LogP contribution in [0.25, 0.3) is 0 Å². The molecule has 0 spiro atoms. The molecule has 136 valence electrons. The van der Waals surface area contributed by atoms with E-state index in [0.717, 1.165) is 4.90 Å². The van der Waals surface area contributed by atoms with Crippen molar-refractivity contribution in [2.45, 2.75) is 40.2 Å². The quantitative estimate of drug-likeness (QED) is 0.460. The number of urea groups is 1. The Hall–Kier alpha value is -2.64. The van der Waals surface area contributed by atoms with Gasteiger partial charge in [0.05, 0.1) is 24.9 Å². The number of ketones is 1. The van der Waals surface area contributed by atoms with Crippen molar-refractivity contribution < 1.29 is 23.9 Å². The number of H-pyrrole nitrogens is 1. The lowest BCUT2D eigenvalue weighted by Gasteiger charge is -2.13. The molecule has 8 nitrogen and oxygen atoms in total. The Morgan fingerprint density at radius 2 is 1.88 bits per heavy atom. The maximum absolute atomic E-state index is 12.6. The van der Waals surface area contributed by atoms with E-state index in [9.17, 15) is 19.2 Å². The van der Waals surface area contributed by atoms with E-state index in [1.807, 2.05) is 13.8 Å². The number of hydrogen-bond acceptors (Lipinski definition) is 5. The van der Waals surface area contributed by atoms with Crippen LogP contribution in [0.4, 0.5) is 4.79 Å². The monoisotopic (exact) mass is 349 g/mol. The van der Waals surface area contributed by atoms with Crippen molar-refractivity contribution in [2.75, 3.05) is 13.7 Å². The third kappa shape index (κ3) is 3.57. The van der Waals surface area contributed by atoms with E-state index in [-0.39, 0.29) is 18.2 Å². The van der Waals surface area contributed by atoms with Crippen molar-refractivity contribution >= 4 is 23.7 Å². The van der Waals surface area contributed by atoms with Gasteiger partial charge in [-0.15, -0.1) is 0 Å². The van der Waals surface area contributed by atoms with E-state index in [2.05, 4.69) is 10.3 Å². The first-order valence-electron chi connectivity index (χ1n) is 8.09. The molecule has 1 aromatic heterocycles. The Kier molecular flexibility index (Phi) is 5.30. The summed E-state index contributed by atoms with van der Waals surface area (Å²) in [4.78, 5) is 52.5. The molecule has 25 heavy (non-hydrogen) atoms. The molecule has 2 rings (SSSR count). The van der Waals surface area contributed by atoms with Gasteiger partial charge in [0.1, 0.15) is 6.04 Å².